The molecule has 0 amide bonds. The molecule has 0 aliphatic rings. The van der Waals surface area contributed by atoms with Gasteiger partial charge in [-0.2, -0.15) is 5.10 Å². The van der Waals surface area contributed by atoms with Gasteiger partial charge < -0.3 is 0 Å². The number of rotatable bonds is 4. The summed E-state index contributed by atoms with van der Waals surface area (Å²) in [7, 11) is 1.95. The van der Waals surface area contributed by atoms with E-state index in [0.717, 1.165) is 27.8 Å². The van der Waals surface area contributed by atoms with Crippen molar-refractivity contribution in [1.82, 2.24) is 15.2 Å². The van der Waals surface area contributed by atoms with Gasteiger partial charge in [-0.25, -0.2) is 0 Å². The zero-order valence-corrected chi connectivity index (χ0v) is 12.1. The molecule has 2 rings (SSSR count). The second-order valence-corrected chi connectivity index (χ2v) is 5.20. The molecule has 2 aromatic rings. The summed E-state index contributed by atoms with van der Waals surface area (Å²) in [4.78, 5) is 0. The number of aromatic nitrogens is 2. The summed E-state index contributed by atoms with van der Waals surface area (Å²) in [6, 6.07) is 10.2. The lowest BCUT2D eigenvalue weighted by molar-refractivity contribution is 0.528. The van der Waals surface area contributed by atoms with Crippen LogP contribution < -0.4 is 11.3 Å². The number of benzene rings is 1. The first-order valence-corrected chi connectivity index (χ1v) is 6.61. The van der Waals surface area contributed by atoms with Crippen LogP contribution in [0.3, 0.4) is 0 Å². The number of hydrogen-bond donors (Lipinski definition) is 2. The van der Waals surface area contributed by atoms with Crippen LogP contribution in [0.5, 0.6) is 0 Å². The Labute approximate surface area is 115 Å². The number of hydrazine groups is 1. The van der Waals surface area contributed by atoms with Crippen molar-refractivity contribution in [2.24, 2.45) is 12.9 Å². The SMILES string of the molecule is Cc1cc(CC(NN)c2ccccc2Br)n(C)n1. The fourth-order valence-electron chi connectivity index (χ4n) is 2.08. The normalized spacial score (nSPS) is 12.7. The highest BCUT2D eigenvalue weighted by molar-refractivity contribution is 9.10. The topological polar surface area (TPSA) is 55.9 Å². The highest BCUT2D eigenvalue weighted by atomic mass is 79.9. The van der Waals surface area contributed by atoms with E-state index in [9.17, 15) is 0 Å². The average molecular weight is 309 g/mol. The van der Waals surface area contributed by atoms with Gasteiger partial charge in [-0.05, 0) is 24.6 Å². The Kier molecular flexibility index (Phi) is 4.16. The van der Waals surface area contributed by atoms with Crippen molar-refractivity contribution >= 4 is 15.9 Å². The summed E-state index contributed by atoms with van der Waals surface area (Å²) in [5, 5.41) is 4.35. The third kappa shape index (κ3) is 2.80. The van der Waals surface area contributed by atoms with Gasteiger partial charge >= 0.3 is 0 Å². The van der Waals surface area contributed by atoms with E-state index >= 15 is 0 Å². The van der Waals surface area contributed by atoms with Crippen molar-refractivity contribution in [1.29, 1.82) is 0 Å². The maximum absolute atomic E-state index is 5.68. The molecule has 1 heterocycles. The van der Waals surface area contributed by atoms with Gasteiger partial charge in [0.15, 0.2) is 0 Å². The third-order valence-corrected chi connectivity index (χ3v) is 3.72. The second-order valence-electron chi connectivity index (χ2n) is 4.35. The number of nitrogens with two attached hydrogens (primary N) is 1. The standard InChI is InChI=1S/C13H17BrN4/c1-9-7-10(18(2)17-9)8-13(16-15)11-5-3-4-6-12(11)14/h3-7,13,16H,8,15H2,1-2H3. The Morgan fingerprint density at radius 3 is 2.72 bits per heavy atom. The summed E-state index contributed by atoms with van der Waals surface area (Å²) in [6.07, 6.45) is 0.802. The molecule has 0 spiro atoms. The largest absolute Gasteiger partial charge is 0.272 e. The minimum absolute atomic E-state index is 0.0652. The van der Waals surface area contributed by atoms with Crippen LogP contribution >= 0.6 is 15.9 Å². The van der Waals surface area contributed by atoms with Crippen molar-refractivity contribution in [3.05, 3.63) is 51.8 Å². The van der Waals surface area contributed by atoms with Crippen molar-refractivity contribution in [2.75, 3.05) is 0 Å². The second kappa shape index (κ2) is 5.65. The van der Waals surface area contributed by atoms with Gasteiger partial charge in [0.2, 0.25) is 0 Å². The van der Waals surface area contributed by atoms with Crippen LogP contribution in [0.4, 0.5) is 0 Å². The lowest BCUT2D eigenvalue weighted by atomic mass is 10.0. The minimum Gasteiger partial charge on any atom is -0.272 e. The summed E-state index contributed by atoms with van der Waals surface area (Å²) in [5.74, 6) is 5.68. The quantitative estimate of drug-likeness (QED) is 0.673. The van der Waals surface area contributed by atoms with Crippen molar-refractivity contribution < 1.29 is 0 Å². The molecular weight excluding hydrogens is 292 g/mol. The zero-order valence-electron chi connectivity index (χ0n) is 10.5. The fraction of sp³-hybridized carbons (Fsp3) is 0.308. The first-order valence-electron chi connectivity index (χ1n) is 5.82. The summed E-state index contributed by atoms with van der Waals surface area (Å²) in [6.45, 7) is 1.99. The van der Waals surface area contributed by atoms with Crippen LogP contribution in [0.25, 0.3) is 0 Å². The predicted molar refractivity (Wildman–Crippen MR) is 75.9 cm³/mol. The monoisotopic (exact) mass is 308 g/mol. The van der Waals surface area contributed by atoms with E-state index in [1.54, 1.807) is 0 Å². The molecule has 1 unspecified atom stereocenters. The average Bonchev–Trinajstić information content (AvgIpc) is 2.66. The van der Waals surface area contributed by atoms with E-state index in [2.05, 4.69) is 38.6 Å². The molecule has 0 radical (unpaired) electrons. The van der Waals surface area contributed by atoms with Crippen LogP contribution in [0.1, 0.15) is 23.0 Å². The Balaban J connectivity index is 2.25. The molecule has 18 heavy (non-hydrogen) atoms. The highest BCUT2D eigenvalue weighted by Crippen LogP contribution is 2.25. The molecule has 0 saturated carbocycles. The van der Waals surface area contributed by atoms with Gasteiger partial charge in [-0.1, -0.05) is 34.1 Å². The van der Waals surface area contributed by atoms with Crippen LogP contribution in [0.15, 0.2) is 34.8 Å². The number of nitrogens with zero attached hydrogens (tertiary/aromatic N) is 2. The van der Waals surface area contributed by atoms with Crippen LogP contribution in [-0.2, 0) is 13.5 Å². The minimum atomic E-state index is 0.0652. The Morgan fingerprint density at radius 1 is 1.44 bits per heavy atom. The number of hydrogen-bond acceptors (Lipinski definition) is 3. The summed E-state index contributed by atoms with van der Waals surface area (Å²) < 4.78 is 2.96. The third-order valence-electron chi connectivity index (χ3n) is 2.99. The van der Waals surface area contributed by atoms with E-state index in [-0.39, 0.29) is 6.04 Å². The van der Waals surface area contributed by atoms with E-state index in [4.69, 9.17) is 5.84 Å². The van der Waals surface area contributed by atoms with E-state index in [1.807, 2.05) is 36.9 Å². The van der Waals surface area contributed by atoms with E-state index in [1.165, 1.54) is 0 Å². The molecule has 4 nitrogen and oxygen atoms in total. The lowest BCUT2D eigenvalue weighted by Crippen LogP contribution is -2.30. The maximum atomic E-state index is 5.68. The van der Waals surface area contributed by atoms with Crippen molar-refractivity contribution in [2.45, 2.75) is 19.4 Å². The number of nitrogens with one attached hydrogen (secondary N) is 1. The summed E-state index contributed by atoms with van der Waals surface area (Å²) >= 11 is 3.56. The maximum Gasteiger partial charge on any atom is 0.0596 e. The molecule has 0 aliphatic carbocycles. The lowest BCUT2D eigenvalue weighted by Gasteiger charge is -2.17. The molecule has 0 aliphatic heterocycles. The van der Waals surface area contributed by atoms with Gasteiger partial charge in [0.1, 0.15) is 0 Å². The number of aryl methyl sites for hydroxylation is 2. The van der Waals surface area contributed by atoms with Crippen molar-refractivity contribution in [3.63, 3.8) is 0 Å². The first kappa shape index (κ1) is 13.3. The predicted octanol–water partition coefficient (Wildman–Crippen LogP) is 2.24. The van der Waals surface area contributed by atoms with Gasteiger partial charge in [0.05, 0.1) is 11.7 Å². The fourth-order valence-corrected chi connectivity index (χ4v) is 2.64. The van der Waals surface area contributed by atoms with Crippen LogP contribution in [0.2, 0.25) is 0 Å². The molecule has 96 valence electrons. The van der Waals surface area contributed by atoms with Gasteiger partial charge in [0, 0.05) is 23.6 Å². The Hall–Kier alpha value is -1.17. The van der Waals surface area contributed by atoms with Gasteiger partial charge in [-0.3, -0.25) is 16.0 Å². The molecule has 3 N–H and O–H groups in total. The first-order chi connectivity index (χ1) is 8.61. The smallest absolute Gasteiger partial charge is 0.0596 e. The highest BCUT2D eigenvalue weighted by Gasteiger charge is 2.15. The molecule has 0 bridgehead atoms. The Bertz CT molecular complexity index is 536. The zero-order chi connectivity index (χ0) is 13.1. The number of halogens is 1. The molecule has 5 heteroatoms. The van der Waals surface area contributed by atoms with Crippen molar-refractivity contribution in [3.8, 4) is 0 Å². The van der Waals surface area contributed by atoms with Gasteiger partial charge in [0.25, 0.3) is 0 Å². The summed E-state index contributed by atoms with van der Waals surface area (Å²) in [5.41, 5.74) is 6.21. The molecule has 0 fully saturated rings. The molecular formula is C13H17BrN4. The van der Waals surface area contributed by atoms with E-state index < -0.39 is 0 Å². The molecule has 1 aromatic carbocycles. The van der Waals surface area contributed by atoms with Crippen LogP contribution in [0, 0.1) is 6.92 Å². The molecule has 1 aromatic heterocycles. The molecule has 0 saturated heterocycles. The molecule has 1 atom stereocenters. The van der Waals surface area contributed by atoms with Gasteiger partial charge in [-0.15, -0.1) is 0 Å². The van der Waals surface area contributed by atoms with Crippen LogP contribution in [-0.4, -0.2) is 9.78 Å². The Morgan fingerprint density at radius 2 is 2.17 bits per heavy atom. The van der Waals surface area contributed by atoms with E-state index in [0.29, 0.717) is 0 Å².